The first-order valence-corrected chi connectivity index (χ1v) is 5.16. The summed E-state index contributed by atoms with van der Waals surface area (Å²) < 4.78 is 4.85. The molecule has 1 aliphatic carbocycles. The molecule has 0 aromatic heterocycles. The van der Waals surface area contributed by atoms with E-state index in [4.69, 9.17) is 4.74 Å². The predicted octanol–water partition coefficient (Wildman–Crippen LogP) is 2.83. The number of carbonyl (C=O) groups is 1. The summed E-state index contributed by atoms with van der Waals surface area (Å²) in [5, 5.41) is 0. The summed E-state index contributed by atoms with van der Waals surface area (Å²) in [4.78, 5) is 11.0. The van der Waals surface area contributed by atoms with Crippen LogP contribution >= 0.6 is 0 Å². The van der Waals surface area contributed by atoms with Crippen LogP contribution in [0.2, 0.25) is 0 Å². The summed E-state index contributed by atoms with van der Waals surface area (Å²) in [6.07, 6.45) is 8.79. The minimum absolute atomic E-state index is 0.0967. The van der Waals surface area contributed by atoms with Gasteiger partial charge in [0.05, 0.1) is 13.0 Å². The summed E-state index contributed by atoms with van der Waals surface area (Å²) in [6.45, 7) is 2.33. The molecule has 0 atom stereocenters. The molecule has 0 spiro atoms. The molecule has 0 aromatic rings. The molecule has 1 rings (SSSR count). The Bertz CT molecular complexity index is 186. The van der Waals surface area contributed by atoms with Crippen molar-refractivity contribution in [1.82, 2.24) is 0 Å². The van der Waals surface area contributed by atoms with E-state index in [0.29, 0.717) is 13.0 Å². The summed E-state index contributed by atoms with van der Waals surface area (Å²) >= 11 is 0. The van der Waals surface area contributed by atoms with E-state index in [1.807, 2.05) is 6.92 Å². The van der Waals surface area contributed by atoms with Crippen molar-refractivity contribution < 1.29 is 9.53 Å². The first kappa shape index (κ1) is 10.3. The highest BCUT2D eigenvalue weighted by molar-refractivity contribution is 5.71. The van der Waals surface area contributed by atoms with Crippen LogP contribution in [-0.4, -0.2) is 12.6 Å². The van der Waals surface area contributed by atoms with E-state index in [1.165, 1.54) is 37.7 Å². The Morgan fingerprint density at radius 1 is 1.38 bits per heavy atom. The molecule has 0 unspecified atom stereocenters. The van der Waals surface area contributed by atoms with E-state index in [2.05, 4.69) is 6.08 Å². The highest BCUT2D eigenvalue weighted by Crippen LogP contribution is 2.22. The molecule has 0 amide bonds. The zero-order valence-electron chi connectivity index (χ0n) is 8.34. The molecule has 0 heterocycles. The molecule has 1 saturated carbocycles. The molecule has 1 fully saturated rings. The third-order valence-electron chi connectivity index (χ3n) is 2.36. The van der Waals surface area contributed by atoms with Crippen molar-refractivity contribution in [3.63, 3.8) is 0 Å². The number of rotatable bonds is 3. The van der Waals surface area contributed by atoms with Gasteiger partial charge in [-0.1, -0.05) is 18.1 Å². The first-order valence-electron chi connectivity index (χ1n) is 5.16. The molecule has 13 heavy (non-hydrogen) atoms. The highest BCUT2D eigenvalue weighted by Gasteiger charge is 2.06. The fourth-order valence-electron chi connectivity index (χ4n) is 1.66. The first-order chi connectivity index (χ1) is 6.33. The van der Waals surface area contributed by atoms with Gasteiger partial charge in [-0.05, 0) is 32.6 Å². The molecule has 0 saturated heterocycles. The maximum atomic E-state index is 11.0. The molecule has 74 valence electrons. The fraction of sp³-hybridized carbons (Fsp3) is 0.727. The summed E-state index contributed by atoms with van der Waals surface area (Å²) in [6, 6.07) is 0. The Hall–Kier alpha value is -0.790. The van der Waals surface area contributed by atoms with Gasteiger partial charge in [0.25, 0.3) is 0 Å². The number of hydrogen-bond donors (Lipinski definition) is 0. The Balaban J connectivity index is 2.25. The number of esters is 1. The van der Waals surface area contributed by atoms with Crippen molar-refractivity contribution in [1.29, 1.82) is 0 Å². The van der Waals surface area contributed by atoms with Crippen LogP contribution in [-0.2, 0) is 9.53 Å². The maximum Gasteiger partial charge on any atom is 0.309 e. The average Bonchev–Trinajstić information content (AvgIpc) is 2.17. The van der Waals surface area contributed by atoms with Crippen LogP contribution < -0.4 is 0 Å². The molecule has 2 nitrogen and oxygen atoms in total. The summed E-state index contributed by atoms with van der Waals surface area (Å²) in [7, 11) is 0. The zero-order valence-corrected chi connectivity index (χ0v) is 8.34. The summed E-state index contributed by atoms with van der Waals surface area (Å²) in [5.74, 6) is -0.0967. The average molecular weight is 182 g/mol. The molecule has 1 aliphatic rings. The Morgan fingerprint density at radius 2 is 2.08 bits per heavy atom. The summed E-state index contributed by atoms with van der Waals surface area (Å²) in [5.41, 5.74) is 1.44. The third-order valence-corrected chi connectivity index (χ3v) is 2.36. The molecular weight excluding hydrogens is 164 g/mol. The maximum absolute atomic E-state index is 11.0. The van der Waals surface area contributed by atoms with Gasteiger partial charge in [-0.2, -0.15) is 0 Å². The van der Waals surface area contributed by atoms with Gasteiger partial charge < -0.3 is 4.74 Å². The van der Waals surface area contributed by atoms with Crippen molar-refractivity contribution in [3.8, 4) is 0 Å². The minimum atomic E-state index is -0.0967. The van der Waals surface area contributed by atoms with Gasteiger partial charge in [0.2, 0.25) is 0 Å². The van der Waals surface area contributed by atoms with E-state index in [1.54, 1.807) is 0 Å². The minimum Gasteiger partial charge on any atom is -0.466 e. The van der Waals surface area contributed by atoms with Crippen molar-refractivity contribution in [2.45, 2.75) is 45.4 Å². The monoisotopic (exact) mass is 182 g/mol. The van der Waals surface area contributed by atoms with Crippen LogP contribution in [0.5, 0.6) is 0 Å². The number of carbonyl (C=O) groups excluding carboxylic acids is 1. The van der Waals surface area contributed by atoms with Crippen molar-refractivity contribution in [2.75, 3.05) is 6.61 Å². The largest absolute Gasteiger partial charge is 0.466 e. The smallest absolute Gasteiger partial charge is 0.309 e. The second-order valence-corrected chi connectivity index (χ2v) is 3.43. The Morgan fingerprint density at radius 3 is 2.69 bits per heavy atom. The molecule has 0 bridgehead atoms. The third kappa shape index (κ3) is 4.11. The second kappa shape index (κ2) is 5.79. The lowest BCUT2D eigenvalue weighted by Crippen LogP contribution is -2.03. The number of ether oxygens (including phenoxy) is 1. The Labute approximate surface area is 80.0 Å². The molecule has 0 aliphatic heterocycles. The van der Waals surface area contributed by atoms with Crippen LogP contribution in [0.1, 0.15) is 45.4 Å². The topological polar surface area (TPSA) is 26.3 Å². The van der Waals surface area contributed by atoms with Gasteiger partial charge >= 0.3 is 5.97 Å². The van der Waals surface area contributed by atoms with E-state index < -0.39 is 0 Å². The van der Waals surface area contributed by atoms with Crippen LogP contribution in [0.4, 0.5) is 0 Å². The van der Waals surface area contributed by atoms with Gasteiger partial charge in [-0.15, -0.1) is 0 Å². The van der Waals surface area contributed by atoms with Crippen molar-refractivity contribution >= 4 is 5.97 Å². The van der Waals surface area contributed by atoms with Crippen molar-refractivity contribution in [2.24, 2.45) is 0 Å². The van der Waals surface area contributed by atoms with Gasteiger partial charge in [0, 0.05) is 0 Å². The molecule has 0 aromatic carbocycles. The standard InChI is InChI=1S/C11H18O2/c1-2-13-11(12)9-8-10-6-4-3-5-7-10/h8H,2-7,9H2,1H3. The lowest BCUT2D eigenvalue weighted by atomic mass is 9.94. The quantitative estimate of drug-likeness (QED) is 0.495. The van der Waals surface area contributed by atoms with Gasteiger partial charge in [0.1, 0.15) is 0 Å². The lowest BCUT2D eigenvalue weighted by Gasteiger charge is -2.12. The van der Waals surface area contributed by atoms with E-state index in [-0.39, 0.29) is 5.97 Å². The molecule has 0 radical (unpaired) electrons. The van der Waals surface area contributed by atoms with Crippen LogP contribution in [0.3, 0.4) is 0 Å². The molecular formula is C11H18O2. The number of allylic oxidation sites excluding steroid dienone is 1. The van der Waals surface area contributed by atoms with Gasteiger partial charge in [-0.3, -0.25) is 4.79 Å². The second-order valence-electron chi connectivity index (χ2n) is 3.43. The van der Waals surface area contributed by atoms with Crippen LogP contribution in [0.25, 0.3) is 0 Å². The van der Waals surface area contributed by atoms with Gasteiger partial charge in [0.15, 0.2) is 0 Å². The van der Waals surface area contributed by atoms with E-state index in [9.17, 15) is 4.79 Å². The van der Waals surface area contributed by atoms with Crippen molar-refractivity contribution in [3.05, 3.63) is 11.6 Å². The number of hydrogen-bond acceptors (Lipinski definition) is 2. The van der Waals surface area contributed by atoms with Gasteiger partial charge in [-0.25, -0.2) is 0 Å². The predicted molar refractivity (Wildman–Crippen MR) is 52.4 cm³/mol. The fourth-order valence-corrected chi connectivity index (χ4v) is 1.66. The molecule has 0 N–H and O–H groups in total. The van der Waals surface area contributed by atoms with Crippen LogP contribution in [0.15, 0.2) is 11.6 Å². The SMILES string of the molecule is CCOC(=O)CC=C1CCCCC1. The van der Waals surface area contributed by atoms with E-state index in [0.717, 1.165) is 0 Å². The molecule has 2 heteroatoms. The van der Waals surface area contributed by atoms with E-state index >= 15 is 0 Å². The lowest BCUT2D eigenvalue weighted by molar-refractivity contribution is -0.142. The van der Waals surface area contributed by atoms with Crippen LogP contribution in [0, 0.1) is 0 Å². The zero-order chi connectivity index (χ0) is 9.52. The Kier molecular flexibility index (Phi) is 4.58. The highest BCUT2D eigenvalue weighted by atomic mass is 16.5. The normalized spacial score (nSPS) is 16.8.